The van der Waals surface area contributed by atoms with Crippen LogP contribution in [0.2, 0.25) is 0 Å². The van der Waals surface area contributed by atoms with E-state index in [0.29, 0.717) is 5.92 Å². The summed E-state index contributed by atoms with van der Waals surface area (Å²) in [5.41, 5.74) is 7.84. The summed E-state index contributed by atoms with van der Waals surface area (Å²) >= 11 is 0. The van der Waals surface area contributed by atoms with Crippen LogP contribution in [0.3, 0.4) is 0 Å². The quantitative estimate of drug-likeness (QED) is 0.470. The topological polar surface area (TPSA) is 0 Å². The molecule has 0 amide bonds. The van der Waals surface area contributed by atoms with E-state index in [9.17, 15) is 0 Å². The highest BCUT2D eigenvalue weighted by molar-refractivity contribution is 5.50. The third-order valence-electron chi connectivity index (χ3n) is 2.89. The summed E-state index contributed by atoms with van der Waals surface area (Å²) in [5, 5.41) is 0. The van der Waals surface area contributed by atoms with Gasteiger partial charge in [0, 0.05) is 11.5 Å². The van der Waals surface area contributed by atoms with Gasteiger partial charge in [0.1, 0.15) is 0 Å². The molecule has 3 aliphatic rings. The monoisotopic (exact) mass is 154 g/mol. The molecule has 0 bridgehead atoms. The van der Waals surface area contributed by atoms with Gasteiger partial charge in [0.2, 0.25) is 0 Å². The van der Waals surface area contributed by atoms with Crippen LogP contribution in [0, 0.1) is 5.92 Å². The van der Waals surface area contributed by atoms with E-state index in [1.54, 1.807) is 11.1 Å². The normalized spacial score (nSPS) is 29.3. The zero-order valence-corrected chi connectivity index (χ0v) is 6.88. The minimum atomic E-state index is 0.611. The molecule has 1 unspecified atom stereocenters. The van der Waals surface area contributed by atoms with E-state index in [0.717, 1.165) is 0 Å². The summed E-state index contributed by atoms with van der Waals surface area (Å²) in [7, 11) is 0. The van der Waals surface area contributed by atoms with Gasteiger partial charge < -0.3 is 0 Å². The van der Waals surface area contributed by atoms with Gasteiger partial charge in [0.15, 0.2) is 0 Å². The minimum absolute atomic E-state index is 0.611. The predicted octanol–water partition coefficient (Wildman–Crippen LogP) is 2.91. The van der Waals surface area contributed by atoms with Crippen molar-refractivity contribution in [3.05, 3.63) is 52.8 Å². The Morgan fingerprint density at radius 1 is 1.17 bits per heavy atom. The van der Waals surface area contributed by atoms with E-state index >= 15 is 0 Å². The SMILES string of the molecule is C1=CC=C2CCC3=CC=CC=1C23. The molecule has 0 nitrogen and oxygen atoms in total. The number of rotatable bonds is 0. The zero-order chi connectivity index (χ0) is 7.97. The minimum Gasteiger partial charge on any atom is -0.116 e. The largest absolute Gasteiger partial charge is 0.116 e. The van der Waals surface area contributed by atoms with Crippen molar-refractivity contribution < 1.29 is 0 Å². The Bertz CT molecular complexity index is 382. The maximum atomic E-state index is 3.31. The lowest BCUT2D eigenvalue weighted by Crippen LogP contribution is -2.05. The molecular weight excluding hydrogens is 144 g/mol. The predicted molar refractivity (Wildman–Crippen MR) is 49.6 cm³/mol. The molecule has 0 spiro atoms. The molecular formula is C12H10. The molecule has 58 valence electrons. The highest BCUT2D eigenvalue weighted by Crippen LogP contribution is 2.43. The van der Waals surface area contributed by atoms with Crippen molar-refractivity contribution in [1.29, 1.82) is 0 Å². The third-order valence-corrected chi connectivity index (χ3v) is 2.89. The Morgan fingerprint density at radius 3 is 2.92 bits per heavy atom. The van der Waals surface area contributed by atoms with Gasteiger partial charge in [-0.1, -0.05) is 35.5 Å². The fraction of sp³-hybridized carbons (Fsp3) is 0.250. The van der Waals surface area contributed by atoms with E-state index in [1.807, 2.05) is 0 Å². The molecule has 0 saturated heterocycles. The van der Waals surface area contributed by atoms with Crippen LogP contribution < -0.4 is 0 Å². The highest BCUT2D eigenvalue weighted by atomic mass is 14.3. The third kappa shape index (κ3) is 0.680. The van der Waals surface area contributed by atoms with Gasteiger partial charge in [-0.05, 0) is 18.9 Å². The van der Waals surface area contributed by atoms with Gasteiger partial charge in [-0.15, -0.1) is 5.73 Å². The first-order chi connectivity index (χ1) is 5.95. The first kappa shape index (κ1) is 6.28. The van der Waals surface area contributed by atoms with E-state index in [4.69, 9.17) is 0 Å². The average Bonchev–Trinajstić information content (AvgIpc) is 2.52. The Hall–Kier alpha value is -1.26. The van der Waals surface area contributed by atoms with Gasteiger partial charge in [-0.3, -0.25) is 0 Å². The van der Waals surface area contributed by atoms with E-state index in [-0.39, 0.29) is 0 Å². The Morgan fingerprint density at radius 2 is 2.00 bits per heavy atom. The van der Waals surface area contributed by atoms with Gasteiger partial charge >= 0.3 is 0 Å². The van der Waals surface area contributed by atoms with E-state index < -0.39 is 0 Å². The lowest BCUT2D eigenvalue weighted by Gasteiger charge is -2.18. The smallest absolute Gasteiger partial charge is 0.0337 e. The van der Waals surface area contributed by atoms with Gasteiger partial charge in [0.05, 0.1) is 0 Å². The Labute approximate surface area is 72.3 Å². The van der Waals surface area contributed by atoms with Crippen molar-refractivity contribution in [2.75, 3.05) is 0 Å². The maximum absolute atomic E-state index is 3.31. The number of allylic oxidation sites excluding steroid dienone is 7. The molecule has 3 aliphatic carbocycles. The second-order valence-corrected chi connectivity index (χ2v) is 3.54. The lowest BCUT2D eigenvalue weighted by molar-refractivity contribution is 0.900. The van der Waals surface area contributed by atoms with Crippen molar-refractivity contribution in [1.82, 2.24) is 0 Å². The second-order valence-electron chi connectivity index (χ2n) is 3.54. The standard InChI is InChI=1S/C12H10/c1-3-9-4-2-6-11-8-7-10(5-1)12(9)11/h1-3,5-6,12H,7-8H2. The summed E-state index contributed by atoms with van der Waals surface area (Å²) in [6.45, 7) is 0. The van der Waals surface area contributed by atoms with Crippen molar-refractivity contribution in [3.8, 4) is 0 Å². The molecule has 0 radical (unpaired) electrons. The van der Waals surface area contributed by atoms with Gasteiger partial charge in [-0.2, -0.15) is 0 Å². The average molecular weight is 154 g/mol. The first-order valence-corrected chi connectivity index (χ1v) is 4.48. The summed E-state index contributed by atoms with van der Waals surface area (Å²) in [6, 6.07) is 0. The molecule has 12 heavy (non-hydrogen) atoms. The summed E-state index contributed by atoms with van der Waals surface area (Å²) in [6.07, 6.45) is 13.4. The second kappa shape index (κ2) is 2.12. The molecule has 1 saturated carbocycles. The fourth-order valence-electron chi connectivity index (χ4n) is 2.32. The lowest BCUT2D eigenvalue weighted by atomic mass is 9.85. The van der Waals surface area contributed by atoms with Crippen LogP contribution in [0.25, 0.3) is 0 Å². The van der Waals surface area contributed by atoms with Crippen molar-refractivity contribution in [3.63, 3.8) is 0 Å². The molecule has 0 aromatic rings. The molecule has 3 rings (SSSR count). The van der Waals surface area contributed by atoms with Crippen LogP contribution in [-0.4, -0.2) is 0 Å². The number of hydrogen-bond acceptors (Lipinski definition) is 0. The Kier molecular flexibility index (Phi) is 1.11. The molecule has 0 aliphatic heterocycles. The molecule has 0 heterocycles. The number of hydrogen-bond donors (Lipinski definition) is 0. The summed E-state index contributed by atoms with van der Waals surface area (Å²) < 4.78 is 0. The first-order valence-electron chi connectivity index (χ1n) is 4.48. The van der Waals surface area contributed by atoms with Crippen molar-refractivity contribution in [2.45, 2.75) is 12.8 Å². The molecule has 0 aromatic heterocycles. The fourth-order valence-corrected chi connectivity index (χ4v) is 2.32. The van der Waals surface area contributed by atoms with Gasteiger partial charge in [-0.25, -0.2) is 0 Å². The summed E-state index contributed by atoms with van der Waals surface area (Å²) in [4.78, 5) is 0. The van der Waals surface area contributed by atoms with Crippen molar-refractivity contribution in [2.24, 2.45) is 5.92 Å². The van der Waals surface area contributed by atoms with Crippen molar-refractivity contribution >= 4 is 0 Å². The molecule has 1 fully saturated rings. The zero-order valence-electron chi connectivity index (χ0n) is 6.88. The highest BCUT2D eigenvalue weighted by Gasteiger charge is 2.29. The van der Waals surface area contributed by atoms with Crippen LogP contribution in [0.15, 0.2) is 52.8 Å². The summed E-state index contributed by atoms with van der Waals surface area (Å²) in [5.74, 6) is 0.611. The maximum Gasteiger partial charge on any atom is 0.0337 e. The van der Waals surface area contributed by atoms with Crippen LogP contribution in [-0.2, 0) is 0 Å². The van der Waals surface area contributed by atoms with Crippen LogP contribution in [0.1, 0.15) is 12.8 Å². The van der Waals surface area contributed by atoms with Gasteiger partial charge in [0.25, 0.3) is 0 Å². The van der Waals surface area contributed by atoms with Crippen LogP contribution >= 0.6 is 0 Å². The molecule has 0 heteroatoms. The van der Waals surface area contributed by atoms with Crippen LogP contribution in [0.5, 0.6) is 0 Å². The molecule has 0 aromatic carbocycles. The molecule has 1 atom stereocenters. The Balaban J connectivity index is 2.26. The van der Waals surface area contributed by atoms with E-state index in [2.05, 4.69) is 36.1 Å². The van der Waals surface area contributed by atoms with Crippen LogP contribution in [0.4, 0.5) is 0 Å². The van der Waals surface area contributed by atoms with E-state index in [1.165, 1.54) is 18.4 Å². The molecule has 0 N–H and O–H groups in total.